The van der Waals surface area contributed by atoms with Gasteiger partial charge in [0, 0.05) is 18.8 Å². The standard InChI is InChI=1S/C17H12Cl3F3N2O3S/c18-16(19,20)15(26)25-8-10-1-6-14(7-11(10)9-25)29(27,28)24-13-4-2-12(3-5-13)17(21,22)23/h1-7,24H,8-9H2. The van der Waals surface area contributed by atoms with E-state index in [1.54, 1.807) is 0 Å². The zero-order valence-corrected chi connectivity index (χ0v) is 17.4. The van der Waals surface area contributed by atoms with E-state index < -0.39 is 31.5 Å². The van der Waals surface area contributed by atoms with Gasteiger partial charge in [0.05, 0.1) is 10.5 Å². The molecule has 29 heavy (non-hydrogen) atoms. The maximum absolute atomic E-state index is 12.6. The Labute approximate surface area is 179 Å². The van der Waals surface area contributed by atoms with Gasteiger partial charge in [0.25, 0.3) is 19.7 Å². The summed E-state index contributed by atoms with van der Waals surface area (Å²) in [5.41, 5.74) is 0.340. The number of benzene rings is 2. The first-order chi connectivity index (χ1) is 13.3. The van der Waals surface area contributed by atoms with Gasteiger partial charge in [0.15, 0.2) is 0 Å². The van der Waals surface area contributed by atoms with Gasteiger partial charge in [-0.2, -0.15) is 13.2 Å². The van der Waals surface area contributed by atoms with E-state index in [9.17, 15) is 26.4 Å². The van der Waals surface area contributed by atoms with Gasteiger partial charge in [-0.1, -0.05) is 40.9 Å². The van der Waals surface area contributed by atoms with E-state index in [2.05, 4.69) is 4.72 Å². The van der Waals surface area contributed by atoms with Crippen LogP contribution in [0.1, 0.15) is 16.7 Å². The molecule has 0 saturated carbocycles. The Balaban J connectivity index is 1.79. The molecule has 1 N–H and O–H groups in total. The zero-order valence-electron chi connectivity index (χ0n) is 14.3. The largest absolute Gasteiger partial charge is 0.416 e. The average molecular weight is 488 g/mol. The van der Waals surface area contributed by atoms with E-state index in [4.69, 9.17) is 34.8 Å². The van der Waals surface area contributed by atoms with Gasteiger partial charge in [0.2, 0.25) is 0 Å². The Kier molecular flexibility index (Phi) is 5.72. The van der Waals surface area contributed by atoms with Crippen molar-refractivity contribution in [3.05, 3.63) is 59.2 Å². The van der Waals surface area contributed by atoms with Gasteiger partial charge in [-0.3, -0.25) is 9.52 Å². The number of hydrogen-bond acceptors (Lipinski definition) is 3. The molecule has 0 spiro atoms. The van der Waals surface area contributed by atoms with Gasteiger partial charge in [-0.05, 0) is 47.5 Å². The first kappa shape index (κ1) is 22.0. The molecule has 0 atom stereocenters. The number of anilines is 1. The number of nitrogens with zero attached hydrogens (tertiary/aromatic N) is 1. The van der Waals surface area contributed by atoms with Crippen molar-refractivity contribution >= 4 is 56.4 Å². The number of nitrogens with one attached hydrogen (secondary N) is 1. The maximum atomic E-state index is 12.6. The molecule has 2 aromatic rings. The maximum Gasteiger partial charge on any atom is 0.416 e. The minimum atomic E-state index is -4.52. The molecular weight excluding hydrogens is 476 g/mol. The van der Waals surface area contributed by atoms with Crippen LogP contribution in [0.15, 0.2) is 47.4 Å². The summed E-state index contributed by atoms with van der Waals surface area (Å²) in [6.45, 7) is 0.223. The SMILES string of the molecule is O=C(N1Cc2ccc(S(=O)(=O)Nc3ccc(C(F)(F)F)cc3)cc2C1)C(Cl)(Cl)Cl. The number of alkyl halides is 6. The minimum absolute atomic E-state index is 0.0218. The van der Waals surface area contributed by atoms with Crippen molar-refractivity contribution in [2.45, 2.75) is 28.0 Å². The molecule has 2 aromatic carbocycles. The highest BCUT2D eigenvalue weighted by molar-refractivity contribution is 7.92. The van der Waals surface area contributed by atoms with Crippen LogP contribution in [0.3, 0.4) is 0 Å². The number of carbonyl (C=O) groups excluding carboxylic acids is 1. The normalized spacial score (nSPS) is 14.6. The van der Waals surface area contributed by atoms with E-state index in [1.807, 2.05) is 0 Å². The Bertz CT molecular complexity index is 1050. The van der Waals surface area contributed by atoms with Crippen molar-refractivity contribution in [2.24, 2.45) is 0 Å². The van der Waals surface area contributed by atoms with Gasteiger partial charge < -0.3 is 4.90 Å². The van der Waals surface area contributed by atoms with Crippen LogP contribution in [0.25, 0.3) is 0 Å². The lowest BCUT2D eigenvalue weighted by Crippen LogP contribution is -2.35. The minimum Gasteiger partial charge on any atom is -0.330 e. The van der Waals surface area contributed by atoms with E-state index in [0.717, 1.165) is 24.3 Å². The highest BCUT2D eigenvalue weighted by Crippen LogP contribution is 2.34. The molecule has 5 nitrogen and oxygen atoms in total. The predicted molar refractivity (Wildman–Crippen MR) is 103 cm³/mol. The van der Waals surface area contributed by atoms with E-state index in [0.29, 0.717) is 11.1 Å². The molecule has 0 aliphatic carbocycles. The summed E-state index contributed by atoms with van der Waals surface area (Å²) >= 11 is 16.8. The molecule has 12 heteroatoms. The Morgan fingerprint density at radius 2 is 1.55 bits per heavy atom. The summed E-state index contributed by atoms with van der Waals surface area (Å²) in [5.74, 6) is -0.731. The highest BCUT2D eigenvalue weighted by atomic mass is 35.6. The lowest BCUT2D eigenvalue weighted by molar-refractivity contribution is -0.137. The average Bonchev–Trinajstić information content (AvgIpc) is 3.02. The molecule has 1 amide bonds. The molecule has 156 valence electrons. The summed E-state index contributed by atoms with van der Waals surface area (Å²) in [6, 6.07) is 7.83. The fourth-order valence-corrected chi connectivity index (χ4v) is 4.27. The number of hydrogen-bond donors (Lipinski definition) is 1. The number of amides is 1. The number of halogens is 6. The Hall–Kier alpha value is -1.68. The number of rotatable bonds is 3. The molecule has 1 heterocycles. The van der Waals surface area contributed by atoms with Crippen molar-refractivity contribution in [1.82, 2.24) is 4.90 Å². The van der Waals surface area contributed by atoms with Crippen LogP contribution >= 0.6 is 34.8 Å². The molecular formula is C17H12Cl3F3N2O3S. The first-order valence-corrected chi connectivity index (χ1v) is 10.6. The second-order valence-electron chi connectivity index (χ2n) is 6.27. The van der Waals surface area contributed by atoms with Gasteiger partial charge in [0.1, 0.15) is 0 Å². The third-order valence-electron chi connectivity index (χ3n) is 4.20. The predicted octanol–water partition coefficient (Wildman–Crippen LogP) is 4.72. The molecule has 0 fully saturated rings. The smallest absolute Gasteiger partial charge is 0.330 e. The number of fused-ring (bicyclic) bond motifs is 1. The number of sulfonamides is 1. The Morgan fingerprint density at radius 3 is 2.10 bits per heavy atom. The molecule has 0 saturated heterocycles. The van der Waals surface area contributed by atoms with Gasteiger partial charge in [-0.15, -0.1) is 0 Å². The quantitative estimate of drug-likeness (QED) is 0.637. The van der Waals surface area contributed by atoms with Gasteiger partial charge >= 0.3 is 6.18 Å². The van der Waals surface area contributed by atoms with E-state index in [-0.39, 0.29) is 23.7 Å². The Morgan fingerprint density at radius 1 is 0.966 bits per heavy atom. The third-order valence-corrected chi connectivity index (χ3v) is 6.07. The summed E-state index contributed by atoms with van der Waals surface area (Å²) in [7, 11) is -4.06. The molecule has 0 radical (unpaired) electrons. The van der Waals surface area contributed by atoms with Crippen LogP contribution in [0, 0.1) is 0 Å². The van der Waals surface area contributed by atoms with Crippen LogP contribution in [-0.2, 0) is 34.1 Å². The highest BCUT2D eigenvalue weighted by Gasteiger charge is 2.38. The third kappa shape index (κ3) is 4.91. The molecule has 1 aliphatic heterocycles. The lowest BCUT2D eigenvalue weighted by Gasteiger charge is -2.20. The molecule has 0 aromatic heterocycles. The van der Waals surface area contributed by atoms with Crippen molar-refractivity contribution in [3.8, 4) is 0 Å². The first-order valence-electron chi connectivity index (χ1n) is 7.95. The fourth-order valence-electron chi connectivity index (χ4n) is 2.80. The second kappa shape index (κ2) is 7.54. The van der Waals surface area contributed by atoms with Gasteiger partial charge in [-0.25, -0.2) is 8.42 Å². The van der Waals surface area contributed by atoms with Crippen molar-refractivity contribution in [1.29, 1.82) is 0 Å². The van der Waals surface area contributed by atoms with E-state index >= 15 is 0 Å². The van der Waals surface area contributed by atoms with Crippen molar-refractivity contribution in [2.75, 3.05) is 4.72 Å². The summed E-state index contributed by atoms with van der Waals surface area (Å²) in [6.07, 6.45) is -4.52. The topological polar surface area (TPSA) is 66.5 Å². The van der Waals surface area contributed by atoms with E-state index in [1.165, 1.54) is 23.1 Å². The number of carbonyl (C=O) groups is 1. The van der Waals surface area contributed by atoms with Crippen LogP contribution < -0.4 is 4.72 Å². The summed E-state index contributed by atoms with van der Waals surface area (Å²) in [5, 5.41) is 0. The van der Waals surface area contributed by atoms with Crippen molar-refractivity contribution in [3.63, 3.8) is 0 Å². The molecule has 0 bridgehead atoms. The van der Waals surface area contributed by atoms with Crippen LogP contribution in [-0.4, -0.2) is 23.0 Å². The monoisotopic (exact) mass is 486 g/mol. The molecule has 0 unspecified atom stereocenters. The lowest BCUT2D eigenvalue weighted by atomic mass is 10.1. The summed E-state index contributed by atoms with van der Waals surface area (Å²) in [4.78, 5) is 13.2. The van der Waals surface area contributed by atoms with Crippen LogP contribution in [0.5, 0.6) is 0 Å². The van der Waals surface area contributed by atoms with Crippen LogP contribution in [0.4, 0.5) is 18.9 Å². The second-order valence-corrected chi connectivity index (χ2v) is 10.2. The zero-order chi connectivity index (χ0) is 21.6. The molecule has 1 aliphatic rings. The van der Waals surface area contributed by atoms with Crippen LogP contribution in [0.2, 0.25) is 0 Å². The fraction of sp³-hybridized carbons (Fsp3) is 0.235. The molecule has 3 rings (SSSR count). The summed E-state index contributed by atoms with van der Waals surface area (Å²) < 4.78 is 63.1. The van der Waals surface area contributed by atoms with Crippen molar-refractivity contribution < 1.29 is 26.4 Å².